The van der Waals surface area contributed by atoms with Crippen molar-refractivity contribution in [1.29, 1.82) is 0 Å². The molecular formula is C13H20ClN2O2P. The summed E-state index contributed by atoms with van der Waals surface area (Å²) in [5.41, 5.74) is 0.912. The SMILES string of the molecule is [2H]C([2H])(Cl)CN[P@]1(=O)OC([2H])([2H])CCN1[C@H](C)c1ccccc1. The summed E-state index contributed by atoms with van der Waals surface area (Å²) < 4.78 is 50.1. The molecule has 4 nitrogen and oxygen atoms in total. The molecule has 1 aliphatic rings. The minimum atomic E-state index is -3.78. The molecule has 0 unspecified atom stereocenters. The molecule has 6 heteroatoms. The third-order valence-electron chi connectivity index (χ3n) is 3.04. The Balaban J connectivity index is 2.26. The first kappa shape index (κ1) is 10.4. The lowest BCUT2D eigenvalue weighted by atomic mass is 10.1. The highest BCUT2D eigenvalue weighted by molar-refractivity contribution is 7.54. The number of rotatable bonds is 5. The Bertz CT molecular complexity index is 585. The molecule has 0 radical (unpaired) electrons. The molecule has 0 aromatic heterocycles. The van der Waals surface area contributed by atoms with Crippen molar-refractivity contribution in [3.63, 3.8) is 0 Å². The molecule has 0 spiro atoms. The summed E-state index contributed by atoms with van der Waals surface area (Å²) in [6.45, 7) is -0.379. The molecule has 1 heterocycles. The van der Waals surface area contributed by atoms with Crippen LogP contribution in [0.3, 0.4) is 0 Å². The first-order valence-electron chi connectivity index (χ1n) is 8.09. The van der Waals surface area contributed by atoms with E-state index in [9.17, 15) is 4.57 Å². The molecule has 1 N–H and O–H groups in total. The largest absolute Gasteiger partial charge is 0.343 e. The van der Waals surface area contributed by atoms with Gasteiger partial charge in [0.25, 0.3) is 0 Å². The number of hydrogen-bond acceptors (Lipinski definition) is 2. The van der Waals surface area contributed by atoms with Crippen LogP contribution in [0.2, 0.25) is 0 Å². The standard InChI is InChI=1S/C13H20ClN2O2P/c1-12(13-6-3-2-4-7-13)16-10-5-11-18-19(16,17)15-9-8-14/h2-4,6-7,12H,5,8-11H2,1H3,(H,15,17)/t12-,19+/m1/s1/i8D2,11D2. The van der Waals surface area contributed by atoms with Gasteiger partial charge in [0.2, 0.25) is 0 Å². The third kappa shape index (κ3) is 3.59. The van der Waals surface area contributed by atoms with Gasteiger partial charge >= 0.3 is 7.67 Å². The molecule has 0 saturated carbocycles. The van der Waals surface area contributed by atoms with Crippen molar-refractivity contribution >= 4 is 19.3 Å². The first-order valence-corrected chi connectivity index (χ1v) is 8.05. The topological polar surface area (TPSA) is 41.6 Å². The average Bonchev–Trinajstić information content (AvgIpc) is 2.44. The van der Waals surface area contributed by atoms with E-state index < -0.39 is 26.6 Å². The summed E-state index contributed by atoms with van der Waals surface area (Å²) in [5.74, 6) is -2.10. The Morgan fingerprint density at radius 1 is 1.63 bits per heavy atom. The molecule has 19 heavy (non-hydrogen) atoms. The molecule has 1 fully saturated rings. The van der Waals surface area contributed by atoms with Crippen LogP contribution in [0.1, 0.15) is 30.4 Å². The van der Waals surface area contributed by atoms with Crippen molar-refractivity contribution in [3.8, 4) is 0 Å². The summed E-state index contributed by atoms with van der Waals surface area (Å²) in [5, 5.41) is 2.51. The van der Waals surface area contributed by atoms with Crippen LogP contribution in [0, 0.1) is 0 Å². The van der Waals surface area contributed by atoms with Crippen molar-refractivity contribution < 1.29 is 14.6 Å². The summed E-state index contributed by atoms with van der Waals surface area (Å²) in [6, 6.07) is 9.10. The number of nitrogens with zero attached hydrogens (tertiary/aromatic N) is 1. The molecule has 0 bridgehead atoms. The van der Waals surface area contributed by atoms with Crippen LogP contribution in [-0.4, -0.2) is 30.2 Å². The number of nitrogens with one attached hydrogen (secondary N) is 1. The molecule has 2 rings (SSSR count). The molecule has 0 aliphatic carbocycles. The van der Waals surface area contributed by atoms with Gasteiger partial charge in [-0.25, -0.2) is 9.76 Å². The Labute approximate surface area is 125 Å². The first-order chi connectivity index (χ1) is 10.5. The maximum absolute atomic E-state index is 13.2. The maximum Gasteiger partial charge on any atom is 0.343 e. The second-order valence-electron chi connectivity index (χ2n) is 4.22. The van der Waals surface area contributed by atoms with Gasteiger partial charge < -0.3 is 4.52 Å². The smallest absolute Gasteiger partial charge is 0.306 e. The zero-order chi connectivity index (χ0) is 17.3. The van der Waals surface area contributed by atoms with Crippen molar-refractivity contribution in [3.05, 3.63) is 35.9 Å². The van der Waals surface area contributed by atoms with Gasteiger partial charge in [0.15, 0.2) is 0 Å². The van der Waals surface area contributed by atoms with Crippen molar-refractivity contribution in [2.75, 3.05) is 25.5 Å². The summed E-state index contributed by atoms with van der Waals surface area (Å²) in [6.07, 6.45) is 0.0730. The zero-order valence-electron chi connectivity index (χ0n) is 14.7. The number of benzene rings is 1. The second-order valence-corrected chi connectivity index (χ2v) is 6.54. The average molecular weight is 307 g/mol. The van der Waals surface area contributed by atoms with Gasteiger partial charge in [-0.2, -0.15) is 0 Å². The lowest BCUT2D eigenvalue weighted by Gasteiger charge is -2.38. The molecule has 2 atom stereocenters. The van der Waals surface area contributed by atoms with E-state index in [-0.39, 0.29) is 19.0 Å². The van der Waals surface area contributed by atoms with Crippen LogP contribution < -0.4 is 5.09 Å². The lowest BCUT2D eigenvalue weighted by Crippen LogP contribution is -2.37. The van der Waals surface area contributed by atoms with Crippen molar-refractivity contribution in [1.82, 2.24) is 9.76 Å². The van der Waals surface area contributed by atoms with Crippen molar-refractivity contribution in [2.45, 2.75) is 19.4 Å². The minimum absolute atomic E-state index is 0.0730. The van der Waals surface area contributed by atoms with E-state index in [0.717, 1.165) is 5.56 Å². The second kappa shape index (κ2) is 6.87. The van der Waals surface area contributed by atoms with Gasteiger partial charge in [-0.3, -0.25) is 4.57 Å². The molecule has 1 aliphatic heterocycles. The van der Waals surface area contributed by atoms with E-state index in [1.54, 1.807) is 4.67 Å². The molecule has 1 aromatic rings. The number of hydrogen-bond donors (Lipinski definition) is 1. The fourth-order valence-corrected chi connectivity index (χ4v) is 4.06. The molecule has 1 aromatic carbocycles. The molecule has 0 amide bonds. The fourth-order valence-electron chi connectivity index (χ4n) is 2.06. The van der Waals surface area contributed by atoms with Gasteiger partial charge in [0.1, 0.15) is 0 Å². The highest BCUT2D eigenvalue weighted by atomic mass is 35.5. The van der Waals surface area contributed by atoms with Gasteiger partial charge in [0, 0.05) is 27.7 Å². The van der Waals surface area contributed by atoms with Gasteiger partial charge in [-0.05, 0) is 18.9 Å². The van der Waals surface area contributed by atoms with Crippen LogP contribution >= 0.6 is 19.3 Å². The van der Waals surface area contributed by atoms with E-state index in [0.29, 0.717) is 0 Å². The van der Waals surface area contributed by atoms with Gasteiger partial charge in [0.05, 0.1) is 9.30 Å². The van der Waals surface area contributed by atoms with Crippen molar-refractivity contribution in [2.24, 2.45) is 0 Å². The molecular weight excluding hydrogens is 283 g/mol. The van der Waals surface area contributed by atoms with Crippen LogP contribution in [0.4, 0.5) is 0 Å². The Morgan fingerprint density at radius 2 is 2.37 bits per heavy atom. The summed E-state index contributed by atoms with van der Waals surface area (Å²) >= 11 is 5.51. The summed E-state index contributed by atoms with van der Waals surface area (Å²) in [7, 11) is -3.78. The molecule has 106 valence electrons. The van der Waals surface area contributed by atoms with Gasteiger partial charge in [-0.15, -0.1) is 11.6 Å². The summed E-state index contributed by atoms with van der Waals surface area (Å²) in [4.78, 5) is 0. The number of alkyl halides is 1. The number of halogens is 1. The van der Waals surface area contributed by atoms with Crippen LogP contribution in [0.25, 0.3) is 0 Å². The fraction of sp³-hybridized carbons (Fsp3) is 0.538. The van der Waals surface area contributed by atoms with Crippen LogP contribution in [0.5, 0.6) is 0 Å². The Morgan fingerprint density at radius 3 is 3.05 bits per heavy atom. The van der Waals surface area contributed by atoms with Gasteiger partial charge in [-0.1, -0.05) is 30.3 Å². The van der Waals surface area contributed by atoms with E-state index in [1.807, 2.05) is 37.3 Å². The van der Waals surface area contributed by atoms with E-state index in [1.165, 1.54) is 0 Å². The Hall–Kier alpha value is -0.380. The van der Waals surface area contributed by atoms with Crippen LogP contribution in [0.15, 0.2) is 30.3 Å². The normalized spacial score (nSPS) is 32.7. The monoisotopic (exact) mass is 306 g/mol. The molecule has 1 saturated heterocycles. The maximum atomic E-state index is 13.2. The minimum Gasteiger partial charge on any atom is -0.306 e. The predicted molar refractivity (Wildman–Crippen MR) is 78.5 cm³/mol. The van der Waals surface area contributed by atoms with E-state index >= 15 is 0 Å². The Kier molecular flexibility index (Phi) is 3.75. The van der Waals surface area contributed by atoms with E-state index in [4.69, 9.17) is 21.6 Å². The van der Waals surface area contributed by atoms with E-state index in [2.05, 4.69) is 5.09 Å². The third-order valence-corrected chi connectivity index (χ3v) is 5.33. The highest BCUT2D eigenvalue weighted by Crippen LogP contribution is 2.53. The van der Waals surface area contributed by atoms with Crippen LogP contribution in [-0.2, 0) is 9.09 Å². The lowest BCUT2D eigenvalue weighted by molar-refractivity contribution is 0.176. The predicted octanol–water partition coefficient (Wildman–Crippen LogP) is 3.41. The highest BCUT2D eigenvalue weighted by Gasteiger charge is 2.37. The quantitative estimate of drug-likeness (QED) is 0.668. The zero-order valence-corrected chi connectivity index (χ0v) is 12.3.